The molecule has 0 unspecified atom stereocenters. The fourth-order valence-electron chi connectivity index (χ4n) is 2.41. The van der Waals surface area contributed by atoms with E-state index < -0.39 is 5.82 Å². The number of hydrogen-bond acceptors (Lipinski definition) is 6. The van der Waals surface area contributed by atoms with Crippen molar-refractivity contribution in [2.45, 2.75) is 25.6 Å². The molecule has 2 N–H and O–H groups in total. The Hall–Kier alpha value is -3.20. The van der Waals surface area contributed by atoms with Crippen molar-refractivity contribution in [3.63, 3.8) is 0 Å². The molecule has 3 aromatic rings. The molecule has 2 amide bonds. The van der Waals surface area contributed by atoms with Gasteiger partial charge in [-0.15, -0.1) is 10.2 Å². The third kappa shape index (κ3) is 5.89. The molecule has 0 aliphatic heterocycles. The number of anilines is 1. The van der Waals surface area contributed by atoms with Crippen LogP contribution >= 0.6 is 11.8 Å². The van der Waals surface area contributed by atoms with Crippen molar-refractivity contribution in [3.8, 4) is 0 Å². The summed E-state index contributed by atoms with van der Waals surface area (Å²) in [5, 5.41) is 13.4. The first kappa shape index (κ1) is 20.5. The van der Waals surface area contributed by atoms with Gasteiger partial charge in [-0.25, -0.2) is 4.39 Å². The van der Waals surface area contributed by atoms with Crippen molar-refractivity contribution in [3.05, 3.63) is 70.9 Å². The van der Waals surface area contributed by atoms with Gasteiger partial charge in [0.05, 0.1) is 12.3 Å². The van der Waals surface area contributed by atoms with Crippen LogP contribution in [0.5, 0.6) is 0 Å². The minimum atomic E-state index is -0.415. The van der Waals surface area contributed by atoms with Gasteiger partial charge >= 0.3 is 0 Å². The first-order valence-corrected chi connectivity index (χ1v) is 9.75. The van der Waals surface area contributed by atoms with Crippen LogP contribution in [0.4, 0.5) is 10.1 Å². The second-order valence-electron chi connectivity index (χ2n) is 6.31. The highest BCUT2D eigenvalue weighted by molar-refractivity contribution is 7.99. The lowest BCUT2D eigenvalue weighted by molar-refractivity contribution is -0.113. The van der Waals surface area contributed by atoms with Crippen LogP contribution in [-0.4, -0.2) is 27.8 Å². The topological polar surface area (TPSA) is 97.1 Å². The lowest BCUT2D eigenvalue weighted by atomic mass is 10.1. The highest BCUT2D eigenvalue weighted by Crippen LogP contribution is 2.19. The molecule has 0 aliphatic carbocycles. The summed E-state index contributed by atoms with van der Waals surface area (Å²) in [4.78, 5) is 24.1. The van der Waals surface area contributed by atoms with E-state index in [0.29, 0.717) is 5.56 Å². The summed E-state index contributed by atoms with van der Waals surface area (Å²) in [7, 11) is 0. The summed E-state index contributed by atoms with van der Waals surface area (Å²) in [6.45, 7) is 3.91. The van der Waals surface area contributed by atoms with Gasteiger partial charge in [0.1, 0.15) is 5.82 Å². The summed E-state index contributed by atoms with van der Waals surface area (Å²) in [6, 6.07) is 11.0. The number of carbonyl (C=O) groups is 2. The number of thioether (sulfide) groups is 1. The number of nitrogens with one attached hydrogen (secondary N) is 2. The van der Waals surface area contributed by atoms with Gasteiger partial charge in [0.25, 0.3) is 11.1 Å². The van der Waals surface area contributed by atoms with E-state index >= 15 is 0 Å². The van der Waals surface area contributed by atoms with Crippen LogP contribution < -0.4 is 10.6 Å². The molecule has 0 saturated carbocycles. The van der Waals surface area contributed by atoms with Crippen molar-refractivity contribution in [2.24, 2.45) is 0 Å². The average Bonchev–Trinajstić information content (AvgIpc) is 3.16. The molecule has 1 heterocycles. The van der Waals surface area contributed by atoms with Gasteiger partial charge in [-0.05, 0) is 55.3 Å². The standard InChI is InChI=1S/C20H19FN4O3S/c1-12-3-4-13(2)16(9-12)23-17(26)11-29-20-25-24-18(28-20)10-22-19(27)14-5-7-15(21)8-6-14/h3-9H,10-11H2,1-2H3,(H,22,27)(H,23,26). The largest absolute Gasteiger partial charge is 0.414 e. The molecule has 0 radical (unpaired) electrons. The molecule has 2 aromatic carbocycles. The Morgan fingerprint density at radius 1 is 1.10 bits per heavy atom. The number of amides is 2. The predicted octanol–water partition coefficient (Wildman–Crippen LogP) is 3.49. The Morgan fingerprint density at radius 3 is 2.62 bits per heavy atom. The van der Waals surface area contributed by atoms with Crippen LogP contribution in [0.2, 0.25) is 0 Å². The first-order chi connectivity index (χ1) is 13.9. The maximum atomic E-state index is 12.9. The predicted molar refractivity (Wildman–Crippen MR) is 107 cm³/mol. The molecule has 0 saturated heterocycles. The number of rotatable bonds is 7. The van der Waals surface area contributed by atoms with Gasteiger partial charge in [-0.3, -0.25) is 9.59 Å². The summed E-state index contributed by atoms with van der Waals surface area (Å²) in [5.74, 6) is -0.672. The van der Waals surface area contributed by atoms with Gasteiger partial charge in [0, 0.05) is 11.3 Å². The Morgan fingerprint density at radius 2 is 1.86 bits per heavy atom. The molecule has 0 atom stereocenters. The first-order valence-electron chi connectivity index (χ1n) is 8.77. The molecule has 7 nitrogen and oxygen atoms in total. The van der Waals surface area contributed by atoms with E-state index in [9.17, 15) is 14.0 Å². The minimum absolute atomic E-state index is 0.0262. The van der Waals surface area contributed by atoms with E-state index in [2.05, 4.69) is 20.8 Å². The normalized spacial score (nSPS) is 10.6. The van der Waals surface area contributed by atoms with Crippen LogP contribution in [0.3, 0.4) is 0 Å². The Kier molecular flexibility index (Phi) is 6.61. The molecule has 150 valence electrons. The van der Waals surface area contributed by atoms with Crippen molar-refractivity contribution in [1.82, 2.24) is 15.5 Å². The van der Waals surface area contributed by atoms with Crippen molar-refractivity contribution < 1.29 is 18.4 Å². The number of halogens is 1. The van der Waals surface area contributed by atoms with E-state index in [0.717, 1.165) is 28.6 Å². The maximum Gasteiger partial charge on any atom is 0.277 e. The summed E-state index contributed by atoms with van der Waals surface area (Å²) < 4.78 is 18.3. The van der Waals surface area contributed by atoms with Crippen LogP contribution in [-0.2, 0) is 11.3 Å². The Labute approximate surface area is 171 Å². The monoisotopic (exact) mass is 414 g/mol. The van der Waals surface area contributed by atoms with Crippen molar-refractivity contribution >= 4 is 29.3 Å². The number of benzene rings is 2. The van der Waals surface area contributed by atoms with Crippen LogP contribution in [0.25, 0.3) is 0 Å². The summed E-state index contributed by atoms with van der Waals surface area (Å²) in [5.41, 5.74) is 3.13. The lowest BCUT2D eigenvalue weighted by Crippen LogP contribution is -2.22. The van der Waals surface area contributed by atoms with Gasteiger partial charge in [-0.1, -0.05) is 23.9 Å². The van der Waals surface area contributed by atoms with Gasteiger partial charge in [0.15, 0.2) is 0 Å². The van der Waals surface area contributed by atoms with Gasteiger partial charge in [-0.2, -0.15) is 0 Å². The molecule has 1 aromatic heterocycles. The molecular weight excluding hydrogens is 395 g/mol. The van der Waals surface area contributed by atoms with E-state index in [4.69, 9.17) is 4.42 Å². The molecule has 3 rings (SSSR count). The molecular formula is C20H19FN4O3S. The third-order valence-electron chi connectivity index (χ3n) is 3.95. The van der Waals surface area contributed by atoms with Gasteiger partial charge < -0.3 is 15.1 Å². The molecule has 0 spiro atoms. The molecule has 0 fully saturated rings. The third-order valence-corrected chi connectivity index (χ3v) is 4.77. The molecule has 29 heavy (non-hydrogen) atoms. The van der Waals surface area contributed by atoms with Crippen LogP contribution in [0.15, 0.2) is 52.1 Å². The SMILES string of the molecule is Cc1ccc(C)c(NC(=O)CSc2nnc(CNC(=O)c3ccc(F)cc3)o2)c1. The fraction of sp³-hybridized carbons (Fsp3) is 0.200. The average molecular weight is 414 g/mol. The fourth-order valence-corrected chi connectivity index (χ4v) is 2.99. The quantitative estimate of drug-likeness (QED) is 0.575. The zero-order valence-corrected chi connectivity index (χ0v) is 16.7. The maximum absolute atomic E-state index is 12.9. The van der Waals surface area contributed by atoms with Gasteiger partial charge in [0.2, 0.25) is 11.8 Å². The molecule has 9 heteroatoms. The number of aryl methyl sites for hydroxylation is 2. The smallest absolute Gasteiger partial charge is 0.277 e. The molecule has 0 bridgehead atoms. The van der Waals surface area contributed by atoms with Crippen LogP contribution in [0.1, 0.15) is 27.4 Å². The Bertz CT molecular complexity index is 1020. The highest BCUT2D eigenvalue weighted by atomic mass is 32.2. The number of aromatic nitrogens is 2. The highest BCUT2D eigenvalue weighted by Gasteiger charge is 2.12. The van der Waals surface area contributed by atoms with E-state index in [1.54, 1.807) is 0 Å². The number of nitrogens with zero attached hydrogens (tertiary/aromatic N) is 2. The van der Waals surface area contributed by atoms with E-state index in [1.165, 1.54) is 24.3 Å². The van der Waals surface area contributed by atoms with Crippen molar-refractivity contribution in [1.29, 1.82) is 0 Å². The van der Waals surface area contributed by atoms with E-state index in [1.807, 2.05) is 32.0 Å². The second-order valence-corrected chi connectivity index (χ2v) is 7.23. The lowest BCUT2D eigenvalue weighted by Gasteiger charge is -2.08. The van der Waals surface area contributed by atoms with Crippen molar-refractivity contribution in [2.75, 3.05) is 11.1 Å². The van der Waals surface area contributed by atoms with E-state index in [-0.39, 0.29) is 35.2 Å². The molecule has 0 aliphatic rings. The number of hydrogen-bond donors (Lipinski definition) is 2. The minimum Gasteiger partial charge on any atom is -0.414 e. The van der Waals surface area contributed by atoms with Crippen LogP contribution in [0, 0.1) is 19.7 Å². The number of carbonyl (C=O) groups excluding carboxylic acids is 2. The zero-order chi connectivity index (χ0) is 20.8. The zero-order valence-electron chi connectivity index (χ0n) is 15.9. The Balaban J connectivity index is 1.47. The summed E-state index contributed by atoms with van der Waals surface area (Å²) in [6.07, 6.45) is 0. The summed E-state index contributed by atoms with van der Waals surface area (Å²) >= 11 is 1.10. The second kappa shape index (κ2) is 9.33.